The first kappa shape index (κ1) is 50.5. The molecular weight excluding hydrogens is 930 g/mol. The van der Waals surface area contributed by atoms with E-state index >= 15 is 0 Å². The van der Waals surface area contributed by atoms with Gasteiger partial charge in [-0.2, -0.15) is 39.5 Å². The second-order valence-electron chi connectivity index (χ2n) is 18.6. The second kappa shape index (κ2) is 20.1. The SMILES string of the molecule is C[C@H](O[C@@H]1OC[C@@H]2CNC[C@@H]2[C@H]1c1ccc(F)cc1)c1cc(C(F)(F)F)cc(C(F)(F)F)c1.Cc1cc([C@@H](C)O[C@H]2OC[C@H]3CN(C4=CC(=O)CC4)C[C@H]3[C@@H]2c2ccc(F)cc2)cc(C(F)(F)F)c1. The smallest absolute Gasteiger partial charge is 0.374 e. The highest BCUT2D eigenvalue weighted by Crippen LogP contribution is 2.47. The van der Waals surface area contributed by atoms with Gasteiger partial charge in [-0.25, -0.2) is 8.78 Å². The van der Waals surface area contributed by atoms with Crippen LogP contribution >= 0.6 is 0 Å². The average Bonchev–Trinajstić information content (AvgIpc) is 4.06. The highest BCUT2D eigenvalue weighted by Gasteiger charge is 2.49. The number of carbonyl (C=O) groups excluding carboxylic acids is 1. The number of allylic oxidation sites excluding steroid dienone is 2. The van der Waals surface area contributed by atoms with Crippen molar-refractivity contribution in [2.45, 2.75) is 88.8 Å². The molecule has 0 unspecified atom stereocenters. The highest BCUT2D eigenvalue weighted by atomic mass is 19.4. The van der Waals surface area contributed by atoms with E-state index in [4.69, 9.17) is 18.9 Å². The molecule has 4 saturated heterocycles. The van der Waals surface area contributed by atoms with E-state index in [2.05, 4.69) is 10.2 Å². The molecule has 4 aromatic rings. The molecule has 0 radical (unpaired) electrons. The number of halogens is 11. The van der Waals surface area contributed by atoms with Crippen LogP contribution in [0.3, 0.4) is 0 Å². The van der Waals surface area contributed by atoms with Crippen molar-refractivity contribution >= 4 is 5.78 Å². The molecule has 9 rings (SSSR count). The fourth-order valence-electron chi connectivity index (χ4n) is 10.4. The molecule has 1 aliphatic carbocycles. The van der Waals surface area contributed by atoms with Crippen molar-refractivity contribution in [1.82, 2.24) is 10.2 Å². The predicted octanol–water partition coefficient (Wildman–Crippen LogP) is 12.1. The quantitative estimate of drug-likeness (QED) is 0.168. The topological polar surface area (TPSA) is 69.3 Å². The fourth-order valence-corrected chi connectivity index (χ4v) is 10.4. The molecule has 10 atom stereocenters. The molecule has 4 fully saturated rings. The Hall–Kier alpha value is -4.88. The number of fused-ring (bicyclic) bond motifs is 2. The largest absolute Gasteiger partial charge is 0.416 e. The maximum atomic E-state index is 13.7. The third-order valence-electron chi connectivity index (χ3n) is 13.9. The van der Waals surface area contributed by atoms with Crippen molar-refractivity contribution in [3.05, 3.63) is 153 Å². The van der Waals surface area contributed by atoms with Crippen LogP contribution in [0.4, 0.5) is 48.3 Å². The van der Waals surface area contributed by atoms with E-state index in [0.717, 1.165) is 41.9 Å². The van der Waals surface area contributed by atoms with Gasteiger partial charge in [0, 0.05) is 55.6 Å². The Morgan fingerprint density at radius 1 is 0.609 bits per heavy atom. The van der Waals surface area contributed by atoms with Gasteiger partial charge < -0.3 is 29.2 Å². The molecule has 1 N–H and O–H groups in total. The maximum Gasteiger partial charge on any atom is 0.416 e. The molecule has 69 heavy (non-hydrogen) atoms. The third-order valence-corrected chi connectivity index (χ3v) is 13.9. The summed E-state index contributed by atoms with van der Waals surface area (Å²) in [6.07, 6.45) is -14.8. The lowest BCUT2D eigenvalue weighted by Crippen LogP contribution is -2.42. The normalized spacial score (nSPS) is 27.0. The molecule has 4 aromatic carbocycles. The fraction of sp³-hybridized carbons (Fsp3) is 0.471. The summed E-state index contributed by atoms with van der Waals surface area (Å²) in [5.41, 5.74) is -0.213. The molecule has 5 aliphatic rings. The minimum absolute atomic E-state index is 0.0636. The number of ketones is 1. The van der Waals surface area contributed by atoms with E-state index in [1.54, 1.807) is 50.3 Å². The second-order valence-corrected chi connectivity index (χ2v) is 18.6. The summed E-state index contributed by atoms with van der Waals surface area (Å²) in [6.45, 7) is 8.36. The minimum Gasteiger partial charge on any atom is -0.374 e. The van der Waals surface area contributed by atoms with E-state index in [0.29, 0.717) is 62.5 Å². The van der Waals surface area contributed by atoms with Crippen molar-refractivity contribution in [2.75, 3.05) is 39.4 Å². The molecule has 0 amide bonds. The number of alkyl halides is 9. The van der Waals surface area contributed by atoms with Crippen molar-refractivity contribution in [2.24, 2.45) is 23.7 Å². The molecular formula is C51H51F11N2O5. The van der Waals surface area contributed by atoms with Crippen LogP contribution in [0, 0.1) is 42.2 Å². The van der Waals surface area contributed by atoms with Gasteiger partial charge in [0.2, 0.25) is 0 Å². The highest BCUT2D eigenvalue weighted by molar-refractivity contribution is 5.92. The maximum absolute atomic E-state index is 13.7. The number of nitrogens with one attached hydrogen (secondary N) is 1. The van der Waals surface area contributed by atoms with Gasteiger partial charge in [0.15, 0.2) is 18.4 Å². The number of hydrogen-bond donors (Lipinski definition) is 1. The summed E-state index contributed by atoms with van der Waals surface area (Å²) < 4.78 is 171. The lowest BCUT2D eigenvalue weighted by atomic mass is 9.77. The van der Waals surface area contributed by atoms with Crippen LogP contribution in [-0.4, -0.2) is 62.7 Å². The molecule has 0 saturated carbocycles. The predicted molar refractivity (Wildman–Crippen MR) is 230 cm³/mol. The zero-order valence-corrected chi connectivity index (χ0v) is 37.7. The molecule has 0 bridgehead atoms. The summed E-state index contributed by atoms with van der Waals surface area (Å²) in [5, 5.41) is 3.27. The van der Waals surface area contributed by atoms with E-state index < -0.39 is 65.8 Å². The summed E-state index contributed by atoms with van der Waals surface area (Å²) in [4.78, 5) is 14.0. The van der Waals surface area contributed by atoms with E-state index in [-0.39, 0.29) is 58.7 Å². The Morgan fingerprint density at radius 2 is 1.09 bits per heavy atom. The molecule has 4 aliphatic heterocycles. The molecule has 7 nitrogen and oxygen atoms in total. The van der Waals surface area contributed by atoms with Crippen LogP contribution in [0.15, 0.2) is 96.7 Å². The molecule has 372 valence electrons. The molecule has 18 heteroatoms. The lowest BCUT2D eigenvalue weighted by Gasteiger charge is -2.40. The number of nitrogens with zero attached hydrogens (tertiary/aromatic N) is 1. The van der Waals surface area contributed by atoms with Crippen LogP contribution in [0.5, 0.6) is 0 Å². The third kappa shape index (κ3) is 11.7. The number of carbonyl (C=O) groups is 1. The molecule has 0 spiro atoms. The van der Waals surface area contributed by atoms with Gasteiger partial charge in [0.1, 0.15) is 11.6 Å². The van der Waals surface area contributed by atoms with Crippen LogP contribution < -0.4 is 5.32 Å². The first-order valence-electron chi connectivity index (χ1n) is 22.7. The average molecular weight is 981 g/mol. The van der Waals surface area contributed by atoms with E-state index in [1.165, 1.54) is 31.2 Å². The summed E-state index contributed by atoms with van der Waals surface area (Å²) in [6, 6.07) is 17.4. The van der Waals surface area contributed by atoms with Gasteiger partial charge in [-0.05, 0) is 128 Å². The van der Waals surface area contributed by atoms with Crippen LogP contribution in [-0.2, 0) is 42.3 Å². The number of rotatable bonds is 9. The first-order chi connectivity index (χ1) is 32.5. The zero-order chi connectivity index (χ0) is 49.6. The molecule has 0 aromatic heterocycles. The Labute approximate surface area is 391 Å². The monoisotopic (exact) mass is 980 g/mol. The van der Waals surface area contributed by atoms with Crippen molar-refractivity contribution in [3.63, 3.8) is 0 Å². The standard InChI is InChI=1S/C28H29F4NO3.C23H22F7NO2/c1-16-9-19(11-21(10-16)28(30,31)32)17(2)36-27-26(18-3-5-22(29)6-4-18)25-14-33(13-20(25)15-35-27)23-7-8-24(34)12-23;1-12(14-6-16(22(25,26)27)8-17(7-14)23(28,29)30)33-21-20(13-2-4-18(24)5-3-13)19-10-31-9-15(19)11-32-21/h3-6,9-12,17,20,25-27H,7-8,13-15H2,1-2H3;2-8,12,15,19-21,31H,9-11H2,1H3/t17-,20-,25-,26+,27-;12-,15-,19-,20+,21-/m10/s1. The Morgan fingerprint density at radius 3 is 1.58 bits per heavy atom. The Kier molecular flexibility index (Phi) is 14.7. The zero-order valence-electron chi connectivity index (χ0n) is 37.7. The van der Waals surface area contributed by atoms with E-state index in [1.807, 2.05) is 0 Å². The summed E-state index contributed by atoms with van der Waals surface area (Å²) >= 11 is 0. The van der Waals surface area contributed by atoms with Gasteiger partial charge in [-0.3, -0.25) is 4.79 Å². The number of aryl methyl sites for hydroxylation is 1. The molecule has 4 heterocycles. The number of ether oxygens (including phenoxy) is 4. The Bertz CT molecular complexity index is 2440. The number of hydrogen-bond acceptors (Lipinski definition) is 7. The van der Waals surface area contributed by atoms with Gasteiger partial charge in [0.05, 0.1) is 42.1 Å². The number of likely N-dealkylation sites (tertiary alicyclic amines) is 1. The van der Waals surface area contributed by atoms with Crippen LogP contribution in [0.2, 0.25) is 0 Å². The van der Waals surface area contributed by atoms with Crippen LogP contribution in [0.25, 0.3) is 0 Å². The van der Waals surface area contributed by atoms with Crippen molar-refractivity contribution in [1.29, 1.82) is 0 Å². The van der Waals surface area contributed by atoms with Gasteiger partial charge >= 0.3 is 18.5 Å². The summed E-state index contributed by atoms with van der Waals surface area (Å²) in [7, 11) is 0. The first-order valence-corrected chi connectivity index (χ1v) is 22.7. The van der Waals surface area contributed by atoms with Gasteiger partial charge in [-0.15, -0.1) is 0 Å². The lowest BCUT2D eigenvalue weighted by molar-refractivity contribution is -0.217. The van der Waals surface area contributed by atoms with Gasteiger partial charge in [0.25, 0.3) is 0 Å². The summed E-state index contributed by atoms with van der Waals surface area (Å²) in [5.74, 6) is -0.683. The van der Waals surface area contributed by atoms with Crippen molar-refractivity contribution < 1.29 is 72.0 Å². The minimum atomic E-state index is -4.95. The number of benzene rings is 4. The van der Waals surface area contributed by atoms with E-state index in [9.17, 15) is 53.1 Å². The van der Waals surface area contributed by atoms with Crippen LogP contribution in [0.1, 0.15) is 95.2 Å². The van der Waals surface area contributed by atoms with Gasteiger partial charge in [-0.1, -0.05) is 35.9 Å². The van der Waals surface area contributed by atoms with Crippen molar-refractivity contribution in [3.8, 4) is 0 Å². The Balaban J connectivity index is 0.000000187.